The van der Waals surface area contributed by atoms with E-state index in [9.17, 15) is 4.39 Å². The van der Waals surface area contributed by atoms with Crippen molar-refractivity contribution in [3.05, 3.63) is 35.6 Å². The number of benzene rings is 1. The van der Waals surface area contributed by atoms with Crippen LogP contribution in [-0.2, 0) is 0 Å². The topological polar surface area (TPSA) is 15.3 Å². The van der Waals surface area contributed by atoms with Crippen molar-refractivity contribution >= 4 is 0 Å². The molecule has 1 aliphatic heterocycles. The predicted octanol–water partition coefficient (Wildman–Crippen LogP) is 2.57. The molecule has 17 heavy (non-hydrogen) atoms. The van der Waals surface area contributed by atoms with E-state index >= 15 is 0 Å². The number of nitrogens with zero attached hydrogens (tertiary/aromatic N) is 1. The molecule has 0 saturated carbocycles. The first-order valence-electron chi connectivity index (χ1n) is 6.37. The van der Waals surface area contributed by atoms with Gasteiger partial charge in [0.05, 0.1) is 0 Å². The van der Waals surface area contributed by atoms with Gasteiger partial charge in [-0.15, -0.1) is 0 Å². The van der Waals surface area contributed by atoms with E-state index in [0.717, 1.165) is 13.1 Å². The molecular formula is C14H21FN2. The first kappa shape index (κ1) is 12.5. The molecule has 0 aliphatic carbocycles. The van der Waals surface area contributed by atoms with Gasteiger partial charge in [0.1, 0.15) is 5.82 Å². The second-order valence-electron chi connectivity index (χ2n) is 4.83. The summed E-state index contributed by atoms with van der Waals surface area (Å²) < 4.78 is 12.9. The standard InChI is InChI=1S/C14H21FN2/c1-11(12-3-5-13(15)6-4-12)17-9-7-14(16-2)8-10-17/h3-6,11,14,16H,7-10H2,1-2H3. The number of likely N-dealkylation sites (tertiary alicyclic amines) is 1. The zero-order valence-electron chi connectivity index (χ0n) is 10.6. The Morgan fingerprint density at radius 3 is 2.35 bits per heavy atom. The fourth-order valence-corrected chi connectivity index (χ4v) is 2.53. The Labute approximate surface area is 103 Å². The number of nitrogens with one attached hydrogen (secondary N) is 1. The molecule has 0 amide bonds. The molecule has 0 bridgehead atoms. The number of halogens is 1. The number of hydrogen-bond acceptors (Lipinski definition) is 2. The molecule has 94 valence electrons. The van der Waals surface area contributed by atoms with Crippen LogP contribution in [-0.4, -0.2) is 31.1 Å². The Kier molecular flexibility index (Phi) is 4.13. The minimum absolute atomic E-state index is 0.158. The van der Waals surface area contributed by atoms with E-state index in [1.165, 1.54) is 18.4 Å². The van der Waals surface area contributed by atoms with Crippen molar-refractivity contribution in [1.82, 2.24) is 10.2 Å². The maximum absolute atomic E-state index is 12.9. The van der Waals surface area contributed by atoms with Crippen LogP contribution < -0.4 is 5.32 Å². The molecule has 1 N–H and O–H groups in total. The van der Waals surface area contributed by atoms with E-state index in [0.29, 0.717) is 12.1 Å². The fourth-order valence-electron chi connectivity index (χ4n) is 2.53. The molecule has 0 radical (unpaired) electrons. The van der Waals surface area contributed by atoms with Crippen molar-refractivity contribution in [3.63, 3.8) is 0 Å². The van der Waals surface area contributed by atoms with Crippen molar-refractivity contribution in [2.24, 2.45) is 0 Å². The lowest BCUT2D eigenvalue weighted by atomic mass is 10.0. The lowest BCUT2D eigenvalue weighted by molar-refractivity contribution is 0.155. The van der Waals surface area contributed by atoms with E-state index in [2.05, 4.69) is 17.1 Å². The van der Waals surface area contributed by atoms with E-state index in [-0.39, 0.29) is 5.82 Å². The first-order chi connectivity index (χ1) is 8.20. The maximum Gasteiger partial charge on any atom is 0.123 e. The van der Waals surface area contributed by atoms with Crippen LogP contribution in [0.4, 0.5) is 4.39 Å². The van der Waals surface area contributed by atoms with Gasteiger partial charge >= 0.3 is 0 Å². The van der Waals surface area contributed by atoms with Crippen LogP contribution >= 0.6 is 0 Å². The van der Waals surface area contributed by atoms with Gasteiger partial charge in [0, 0.05) is 25.2 Å². The zero-order chi connectivity index (χ0) is 12.3. The van der Waals surface area contributed by atoms with Crippen molar-refractivity contribution in [3.8, 4) is 0 Å². The van der Waals surface area contributed by atoms with Crippen molar-refractivity contribution in [2.75, 3.05) is 20.1 Å². The molecule has 1 fully saturated rings. The van der Waals surface area contributed by atoms with Gasteiger partial charge in [-0.05, 0) is 44.5 Å². The van der Waals surface area contributed by atoms with Crippen LogP contribution in [0.3, 0.4) is 0 Å². The molecule has 2 rings (SSSR count). The maximum atomic E-state index is 12.9. The molecule has 3 heteroatoms. The van der Waals surface area contributed by atoms with Gasteiger partial charge in [0.2, 0.25) is 0 Å². The quantitative estimate of drug-likeness (QED) is 0.867. The average Bonchev–Trinajstić information content (AvgIpc) is 2.39. The summed E-state index contributed by atoms with van der Waals surface area (Å²) in [5.41, 5.74) is 1.20. The highest BCUT2D eigenvalue weighted by Crippen LogP contribution is 2.24. The Hall–Kier alpha value is -0.930. The largest absolute Gasteiger partial charge is 0.317 e. The molecule has 1 aromatic rings. The second-order valence-corrected chi connectivity index (χ2v) is 4.83. The average molecular weight is 236 g/mol. The minimum Gasteiger partial charge on any atom is -0.317 e. The van der Waals surface area contributed by atoms with E-state index in [1.54, 1.807) is 12.1 Å². The molecule has 1 saturated heterocycles. The van der Waals surface area contributed by atoms with Gasteiger partial charge in [-0.25, -0.2) is 4.39 Å². The van der Waals surface area contributed by atoms with Crippen LogP contribution in [0.5, 0.6) is 0 Å². The smallest absolute Gasteiger partial charge is 0.123 e. The Balaban J connectivity index is 1.96. The Bertz CT molecular complexity index is 342. The fraction of sp³-hybridized carbons (Fsp3) is 0.571. The summed E-state index contributed by atoms with van der Waals surface area (Å²) in [6.45, 7) is 4.43. The highest BCUT2D eigenvalue weighted by molar-refractivity contribution is 5.19. The monoisotopic (exact) mass is 236 g/mol. The summed E-state index contributed by atoms with van der Waals surface area (Å²) in [6, 6.07) is 7.92. The Morgan fingerprint density at radius 1 is 1.24 bits per heavy atom. The molecule has 1 heterocycles. The normalized spacial score (nSPS) is 20.4. The molecule has 0 aromatic heterocycles. The Morgan fingerprint density at radius 2 is 1.82 bits per heavy atom. The second kappa shape index (κ2) is 5.61. The SMILES string of the molecule is CNC1CCN(C(C)c2ccc(F)cc2)CC1. The highest BCUT2D eigenvalue weighted by Gasteiger charge is 2.22. The van der Waals surface area contributed by atoms with Crippen LogP contribution in [0.15, 0.2) is 24.3 Å². The predicted molar refractivity (Wildman–Crippen MR) is 68.5 cm³/mol. The number of piperidine rings is 1. The third-order valence-electron chi connectivity index (χ3n) is 3.84. The molecule has 1 unspecified atom stereocenters. The third-order valence-corrected chi connectivity index (χ3v) is 3.84. The molecule has 1 atom stereocenters. The zero-order valence-corrected chi connectivity index (χ0v) is 10.6. The van der Waals surface area contributed by atoms with Gasteiger partial charge in [0.15, 0.2) is 0 Å². The van der Waals surface area contributed by atoms with Crippen LogP contribution in [0.25, 0.3) is 0 Å². The summed E-state index contributed by atoms with van der Waals surface area (Å²) in [4.78, 5) is 2.47. The molecule has 1 aliphatic rings. The van der Waals surface area contributed by atoms with Crippen molar-refractivity contribution in [1.29, 1.82) is 0 Å². The number of hydrogen-bond donors (Lipinski definition) is 1. The summed E-state index contributed by atoms with van der Waals surface area (Å²) in [6.07, 6.45) is 2.39. The molecule has 1 aromatic carbocycles. The van der Waals surface area contributed by atoms with Gasteiger partial charge in [-0.2, -0.15) is 0 Å². The summed E-state index contributed by atoms with van der Waals surface area (Å²) in [5, 5.41) is 3.33. The highest BCUT2D eigenvalue weighted by atomic mass is 19.1. The molecule has 2 nitrogen and oxygen atoms in total. The summed E-state index contributed by atoms with van der Waals surface area (Å²) in [7, 11) is 2.03. The first-order valence-corrected chi connectivity index (χ1v) is 6.37. The van der Waals surface area contributed by atoms with Crippen LogP contribution in [0.1, 0.15) is 31.4 Å². The number of rotatable bonds is 3. The molecular weight excluding hydrogens is 215 g/mol. The van der Waals surface area contributed by atoms with E-state index < -0.39 is 0 Å². The minimum atomic E-state index is -0.158. The van der Waals surface area contributed by atoms with Crippen molar-refractivity contribution in [2.45, 2.75) is 31.8 Å². The van der Waals surface area contributed by atoms with Gasteiger partial charge < -0.3 is 5.32 Å². The van der Waals surface area contributed by atoms with Crippen LogP contribution in [0.2, 0.25) is 0 Å². The third kappa shape index (κ3) is 3.05. The van der Waals surface area contributed by atoms with Crippen molar-refractivity contribution < 1.29 is 4.39 Å². The molecule has 0 spiro atoms. The lowest BCUT2D eigenvalue weighted by Crippen LogP contribution is -2.42. The lowest BCUT2D eigenvalue weighted by Gasteiger charge is -2.36. The van der Waals surface area contributed by atoms with Gasteiger partial charge in [-0.1, -0.05) is 12.1 Å². The van der Waals surface area contributed by atoms with Crippen LogP contribution in [0, 0.1) is 5.82 Å². The summed E-state index contributed by atoms with van der Waals surface area (Å²) >= 11 is 0. The van der Waals surface area contributed by atoms with Gasteiger partial charge in [-0.3, -0.25) is 4.90 Å². The van der Waals surface area contributed by atoms with E-state index in [4.69, 9.17) is 0 Å². The summed E-state index contributed by atoms with van der Waals surface area (Å²) in [5.74, 6) is -0.158. The van der Waals surface area contributed by atoms with Gasteiger partial charge in [0.25, 0.3) is 0 Å². The van der Waals surface area contributed by atoms with E-state index in [1.807, 2.05) is 19.2 Å².